The first-order valence-corrected chi connectivity index (χ1v) is 8.27. The minimum atomic E-state index is -1.18. The predicted molar refractivity (Wildman–Crippen MR) is 82.1 cm³/mol. The third-order valence-electron chi connectivity index (χ3n) is 4.77. The zero-order valence-corrected chi connectivity index (χ0v) is 13.9. The number of esters is 1. The van der Waals surface area contributed by atoms with E-state index in [0.29, 0.717) is 19.4 Å². The Hall–Kier alpha value is -2.65. The molecule has 3 aliphatic rings. The molecule has 3 rings (SSSR count). The van der Waals surface area contributed by atoms with Crippen LogP contribution in [0.2, 0.25) is 0 Å². The largest absolute Gasteiger partial charge is 0.451 e. The first-order chi connectivity index (χ1) is 11.8. The average molecular weight is 352 g/mol. The molecule has 0 unspecified atom stereocenters. The van der Waals surface area contributed by atoms with Crippen molar-refractivity contribution in [2.75, 3.05) is 19.6 Å². The van der Waals surface area contributed by atoms with E-state index in [0.717, 1.165) is 22.6 Å². The number of rotatable bonds is 4. The Labute approximate surface area is 143 Å². The van der Waals surface area contributed by atoms with Gasteiger partial charge in [-0.3, -0.25) is 24.2 Å². The van der Waals surface area contributed by atoms with Crippen LogP contribution in [0, 0.1) is 0 Å². The maximum Gasteiger partial charge on any atom is 0.327 e. The Bertz CT molecular complexity index is 642. The minimum absolute atomic E-state index is 0.203. The summed E-state index contributed by atoms with van der Waals surface area (Å²) in [6.45, 7) is 1.33. The smallest absolute Gasteiger partial charge is 0.327 e. The third kappa shape index (κ3) is 3.03. The highest BCUT2D eigenvalue weighted by Crippen LogP contribution is 2.34. The van der Waals surface area contributed by atoms with E-state index in [2.05, 4.69) is 10.6 Å². The molecule has 25 heavy (non-hydrogen) atoms. The summed E-state index contributed by atoms with van der Waals surface area (Å²) in [7, 11) is 0. The van der Waals surface area contributed by atoms with E-state index in [4.69, 9.17) is 4.74 Å². The molecule has 3 fully saturated rings. The molecule has 1 spiro atoms. The second-order valence-corrected chi connectivity index (χ2v) is 6.46. The highest BCUT2D eigenvalue weighted by molar-refractivity contribution is 6.09. The number of urea groups is 2. The van der Waals surface area contributed by atoms with Gasteiger partial charge in [-0.2, -0.15) is 0 Å². The van der Waals surface area contributed by atoms with Crippen LogP contribution in [0.5, 0.6) is 0 Å². The van der Waals surface area contributed by atoms with Gasteiger partial charge in [0.2, 0.25) is 0 Å². The molecule has 6 amide bonds. The van der Waals surface area contributed by atoms with Crippen LogP contribution in [0.1, 0.15) is 32.6 Å². The number of carbonyl (C=O) groups is 5. The molecular formula is C15H20N4O6. The van der Waals surface area contributed by atoms with Crippen LogP contribution in [0.25, 0.3) is 0 Å². The van der Waals surface area contributed by atoms with Gasteiger partial charge in [-0.15, -0.1) is 0 Å². The number of nitrogens with zero attached hydrogens (tertiary/aromatic N) is 2. The van der Waals surface area contributed by atoms with E-state index >= 15 is 0 Å². The lowest BCUT2D eigenvalue weighted by atomic mass is 9.98. The maximum atomic E-state index is 12.5. The fraction of sp³-hybridized carbons (Fsp3) is 0.667. The molecule has 2 heterocycles. The Morgan fingerprint density at radius 2 is 1.88 bits per heavy atom. The molecule has 1 saturated carbocycles. The van der Waals surface area contributed by atoms with Crippen molar-refractivity contribution in [2.45, 2.75) is 44.2 Å². The van der Waals surface area contributed by atoms with Crippen molar-refractivity contribution < 1.29 is 28.7 Å². The van der Waals surface area contributed by atoms with Crippen molar-refractivity contribution >= 4 is 29.8 Å². The SMILES string of the molecule is C[C@@H](OC(=O)CN1C(=O)NC2(CCCC2)C1=O)C(=O)N1CCNC1=O. The number of nitrogens with one attached hydrogen (secondary N) is 2. The van der Waals surface area contributed by atoms with E-state index in [9.17, 15) is 24.0 Å². The predicted octanol–water partition coefficient (Wildman–Crippen LogP) is -0.665. The summed E-state index contributed by atoms with van der Waals surface area (Å²) in [6.07, 6.45) is 1.61. The molecule has 0 radical (unpaired) electrons. The summed E-state index contributed by atoms with van der Waals surface area (Å²) < 4.78 is 5.00. The molecule has 0 aromatic carbocycles. The van der Waals surface area contributed by atoms with Crippen LogP contribution in [0.3, 0.4) is 0 Å². The lowest BCUT2D eigenvalue weighted by Crippen LogP contribution is -2.45. The lowest BCUT2D eigenvalue weighted by molar-refractivity contribution is -0.159. The van der Waals surface area contributed by atoms with E-state index in [1.165, 1.54) is 6.92 Å². The van der Waals surface area contributed by atoms with Gasteiger partial charge >= 0.3 is 18.0 Å². The van der Waals surface area contributed by atoms with Crippen molar-refractivity contribution in [3.05, 3.63) is 0 Å². The van der Waals surface area contributed by atoms with Gasteiger partial charge in [-0.1, -0.05) is 12.8 Å². The molecule has 10 heteroatoms. The molecule has 10 nitrogen and oxygen atoms in total. The van der Waals surface area contributed by atoms with Crippen LogP contribution < -0.4 is 10.6 Å². The zero-order chi connectivity index (χ0) is 18.2. The van der Waals surface area contributed by atoms with Crippen molar-refractivity contribution in [1.82, 2.24) is 20.4 Å². The molecule has 2 saturated heterocycles. The van der Waals surface area contributed by atoms with Crippen LogP contribution in [0.15, 0.2) is 0 Å². The number of imide groups is 2. The van der Waals surface area contributed by atoms with Crippen molar-refractivity contribution in [3.63, 3.8) is 0 Å². The lowest BCUT2D eigenvalue weighted by Gasteiger charge is -2.21. The van der Waals surface area contributed by atoms with Crippen LogP contribution in [-0.4, -0.2) is 70.9 Å². The van der Waals surface area contributed by atoms with E-state index < -0.39 is 48.0 Å². The van der Waals surface area contributed by atoms with Gasteiger partial charge in [0.1, 0.15) is 12.1 Å². The van der Waals surface area contributed by atoms with Gasteiger partial charge in [0.15, 0.2) is 6.10 Å². The van der Waals surface area contributed by atoms with Gasteiger partial charge < -0.3 is 15.4 Å². The summed E-state index contributed by atoms with van der Waals surface area (Å²) in [5.41, 5.74) is -0.896. The van der Waals surface area contributed by atoms with Crippen LogP contribution in [-0.2, 0) is 19.1 Å². The quantitative estimate of drug-likeness (QED) is 0.511. The highest BCUT2D eigenvalue weighted by Gasteiger charge is 2.53. The topological polar surface area (TPSA) is 125 Å². The van der Waals surface area contributed by atoms with Gasteiger partial charge in [0.05, 0.1) is 0 Å². The molecule has 2 aliphatic heterocycles. The van der Waals surface area contributed by atoms with Gasteiger partial charge in [0, 0.05) is 13.1 Å². The molecule has 0 aromatic rings. The summed E-state index contributed by atoms with van der Waals surface area (Å²) in [5, 5.41) is 5.14. The standard InChI is InChI=1S/C15H20N4O6/c1-9(11(21)18-7-6-16-13(18)23)25-10(20)8-19-12(22)15(17-14(19)24)4-2-3-5-15/h9H,2-8H2,1H3,(H,16,23)(H,17,24)/t9-/m1/s1. The van der Waals surface area contributed by atoms with Crippen LogP contribution in [0.4, 0.5) is 9.59 Å². The zero-order valence-electron chi connectivity index (χ0n) is 13.9. The molecule has 0 bridgehead atoms. The molecule has 2 N–H and O–H groups in total. The Morgan fingerprint density at radius 1 is 1.20 bits per heavy atom. The molecule has 1 atom stereocenters. The van der Waals surface area contributed by atoms with Crippen molar-refractivity contribution in [3.8, 4) is 0 Å². The van der Waals surface area contributed by atoms with Crippen molar-refractivity contribution in [1.29, 1.82) is 0 Å². The number of ether oxygens (including phenoxy) is 1. The van der Waals surface area contributed by atoms with Crippen molar-refractivity contribution in [2.24, 2.45) is 0 Å². The Kier molecular flexibility index (Phi) is 4.36. The second kappa shape index (κ2) is 6.34. The monoisotopic (exact) mass is 352 g/mol. The van der Waals surface area contributed by atoms with E-state index in [-0.39, 0.29) is 6.54 Å². The molecule has 0 aromatic heterocycles. The number of amides is 6. The molecule has 136 valence electrons. The number of hydrogen-bond donors (Lipinski definition) is 2. The summed E-state index contributed by atoms with van der Waals surface area (Å²) in [5.74, 6) is -1.95. The Balaban J connectivity index is 1.57. The average Bonchev–Trinajstić information content (AvgIpc) is 3.25. The van der Waals surface area contributed by atoms with E-state index in [1.807, 2.05) is 0 Å². The number of carbonyl (C=O) groups excluding carboxylic acids is 5. The minimum Gasteiger partial charge on any atom is -0.451 e. The highest BCUT2D eigenvalue weighted by atomic mass is 16.5. The summed E-state index contributed by atoms with van der Waals surface area (Å²) >= 11 is 0. The second-order valence-electron chi connectivity index (χ2n) is 6.46. The van der Waals surface area contributed by atoms with E-state index in [1.54, 1.807) is 0 Å². The third-order valence-corrected chi connectivity index (χ3v) is 4.77. The fourth-order valence-electron chi connectivity index (χ4n) is 3.45. The summed E-state index contributed by atoms with van der Waals surface area (Å²) in [4.78, 5) is 61.8. The number of hydrogen-bond acceptors (Lipinski definition) is 6. The molecule has 1 aliphatic carbocycles. The van der Waals surface area contributed by atoms with Gasteiger partial charge in [0.25, 0.3) is 11.8 Å². The normalized spacial score (nSPS) is 23.0. The molecular weight excluding hydrogens is 332 g/mol. The first-order valence-electron chi connectivity index (χ1n) is 8.27. The fourth-order valence-corrected chi connectivity index (χ4v) is 3.45. The summed E-state index contributed by atoms with van der Waals surface area (Å²) in [6, 6.07) is -1.16. The van der Waals surface area contributed by atoms with Crippen LogP contribution >= 0.6 is 0 Å². The Morgan fingerprint density at radius 3 is 2.48 bits per heavy atom. The van der Waals surface area contributed by atoms with Gasteiger partial charge in [-0.05, 0) is 19.8 Å². The maximum absolute atomic E-state index is 12.5. The first kappa shape index (κ1) is 17.2. The van der Waals surface area contributed by atoms with Gasteiger partial charge in [-0.25, -0.2) is 9.59 Å².